The minimum Gasteiger partial charge on any atom is -0.481 e. The first-order valence-corrected chi connectivity index (χ1v) is 12.5. The van der Waals surface area contributed by atoms with Crippen LogP contribution in [0.3, 0.4) is 0 Å². The maximum absolute atomic E-state index is 12.5. The minimum atomic E-state index is -0.873. The normalized spacial score (nSPS) is 16.8. The van der Waals surface area contributed by atoms with E-state index in [4.69, 9.17) is 5.11 Å². The van der Waals surface area contributed by atoms with Crippen LogP contribution in [0.15, 0.2) is 82.8 Å². The number of anilines is 3. The summed E-state index contributed by atoms with van der Waals surface area (Å²) in [6.45, 7) is 3.59. The average Bonchev–Trinajstić information content (AvgIpc) is 3.24. The molecule has 2 aliphatic rings. The van der Waals surface area contributed by atoms with E-state index in [-0.39, 0.29) is 12.3 Å². The number of amidine groups is 1. The number of piperazine rings is 1. The number of carbonyl (C=O) groups is 2. The lowest BCUT2D eigenvalue weighted by atomic mass is 10.1. The molecule has 3 aromatic rings. The molecule has 0 spiro atoms. The zero-order valence-electron chi connectivity index (χ0n) is 19.5. The molecule has 9 heteroatoms. The number of carboxylic acids is 1. The molecule has 1 fully saturated rings. The van der Waals surface area contributed by atoms with Gasteiger partial charge in [0.25, 0.3) is 5.91 Å². The maximum atomic E-state index is 12.5. The molecule has 36 heavy (non-hydrogen) atoms. The van der Waals surface area contributed by atoms with Crippen LogP contribution in [-0.4, -0.2) is 53.3 Å². The van der Waals surface area contributed by atoms with E-state index < -0.39 is 5.97 Å². The second-order valence-corrected chi connectivity index (χ2v) is 9.51. The van der Waals surface area contributed by atoms with Gasteiger partial charge in [0.05, 0.1) is 11.3 Å². The number of hydrogen-bond acceptors (Lipinski definition) is 7. The molecule has 1 amide bonds. The number of carboxylic acid groups (broad SMARTS) is 1. The van der Waals surface area contributed by atoms with Gasteiger partial charge in [-0.2, -0.15) is 4.99 Å². The Kier molecular flexibility index (Phi) is 6.99. The topological polar surface area (TPSA) is 98.1 Å². The molecule has 0 aliphatic carbocycles. The van der Waals surface area contributed by atoms with Crippen LogP contribution in [0.25, 0.3) is 6.08 Å². The SMILES string of the molecule is O=C(O)Cc1ccc(NC2=NC(=O)C(=Cc3cccc(N4CCN(c5ccccn5)CC4)c3)S2)cc1. The van der Waals surface area contributed by atoms with E-state index in [1.165, 1.54) is 11.8 Å². The highest BCUT2D eigenvalue weighted by molar-refractivity contribution is 8.18. The van der Waals surface area contributed by atoms with Gasteiger partial charge in [-0.05, 0) is 65.4 Å². The number of pyridine rings is 1. The number of aromatic nitrogens is 1. The van der Waals surface area contributed by atoms with Gasteiger partial charge in [-0.15, -0.1) is 0 Å². The molecule has 0 atom stereocenters. The fourth-order valence-electron chi connectivity index (χ4n) is 4.16. The first kappa shape index (κ1) is 23.6. The quantitative estimate of drug-likeness (QED) is 0.489. The van der Waals surface area contributed by atoms with Crippen molar-refractivity contribution in [2.45, 2.75) is 6.42 Å². The van der Waals surface area contributed by atoms with Crippen molar-refractivity contribution in [2.24, 2.45) is 4.99 Å². The number of nitrogens with one attached hydrogen (secondary N) is 1. The van der Waals surface area contributed by atoms with E-state index in [1.807, 2.05) is 42.6 Å². The summed E-state index contributed by atoms with van der Waals surface area (Å²) in [5.41, 5.74) is 3.53. The van der Waals surface area contributed by atoms with Gasteiger partial charge in [-0.3, -0.25) is 9.59 Å². The Bertz CT molecular complexity index is 1320. The van der Waals surface area contributed by atoms with Crippen molar-refractivity contribution in [3.63, 3.8) is 0 Å². The largest absolute Gasteiger partial charge is 0.481 e. The van der Waals surface area contributed by atoms with Crippen molar-refractivity contribution in [1.82, 2.24) is 4.98 Å². The predicted molar refractivity (Wildman–Crippen MR) is 145 cm³/mol. The zero-order chi connectivity index (χ0) is 24.9. The number of benzene rings is 2. The van der Waals surface area contributed by atoms with Crippen molar-refractivity contribution in [1.29, 1.82) is 0 Å². The van der Waals surface area contributed by atoms with Crippen LogP contribution in [0.4, 0.5) is 17.2 Å². The Morgan fingerprint density at radius 1 is 1.00 bits per heavy atom. The number of carbonyl (C=O) groups excluding carboxylic acids is 1. The van der Waals surface area contributed by atoms with E-state index in [0.29, 0.717) is 15.6 Å². The molecule has 1 saturated heterocycles. The Labute approximate surface area is 213 Å². The van der Waals surface area contributed by atoms with Crippen LogP contribution in [0, 0.1) is 0 Å². The number of aliphatic carboxylic acids is 1. The van der Waals surface area contributed by atoms with Crippen LogP contribution in [0.5, 0.6) is 0 Å². The fraction of sp³-hybridized carbons (Fsp3) is 0.185. The Morgan fingerprint density at radius 2 is 1.78 bits per heavy atom. The standard InChI is InChI=1S/C27H25N5O3S/c33-25(34)18-19-7-9-21(10-8-19)29-27-30-26(35)23(36-27)17-20-4-3-5-22(16-20)31-12-14-32(15-13-31)24-6-1-2-11-28-24/h1-11,16-17H,12-15,18H2,(H,33,34)(H,29,30,35). The molecule has 8 nitrogen and oxygen atoms in total. The summed E-state index contributed by atoms with van der Waals surface area (Å²) in [5, 5.41) is 12.5. The molecule has 5 rings (SSSR count). The summed E-state index contributed by atoms with van der Waals surface area (Å²) in [5.74, 6) is -0.144. The number of rotatable bonds is 6. The van der Waals surface area contributed by atoms with Gasteiger partial charge >= 0.3 is 5.97 Å². The molecule has 0 radical (unpaired) electrons. The second kappa shape index (κ2) is 10.7. The molecule has 1 aromatic heterocycles. The number of hydrogen-bond donors (Lipinski definition) is 2. The van der Waals surface area contributed by atoms with E-state index in [1.54, 1.807) is 24.3 Å². The van der Waals surface area contributed by atoms with Gasteiger partial charge in [0.2, 0.25) is 0 Å². The molecule has 2 aromatic carbocycles. The van der Waals surface area contributed by atoms with Crippen molar-refractivity contribution in [3.8, 4) is 0 Å². The molecule has 2 aliphatic heterocycles. The molecular weight excluding hydrogens is 474 g/mol. The summed E-state index contributed by atoms with van der Waals surface area (Å²) in [7, 11) is 0. The predicted octanol–water partition coefficient (Wildman–Crippen LogP) is 4.12. The minimum absolute atomic E-state index is 0.0274. The highest BCUT2D eigenvalue weighted by atomic mass is 32.2. The smallest absolute Gasteiger partial charge is 0.307 e. The zero-order valence-corrected chi connectivity index (χ0v) is 20.3. The van der Waals surface area contributed by atoms with Crippen LogP contribution in [-0.2, 0) is 16.0 Å². The van der Waals surface area contributed by atoms with Crippen molar-refractivity contribution < 1.29 is 14.7 Å². The molecule has 2 N–H and O–H groups in total. The third-order valence-electron chi connectivity index (χ3n) is 5.97. The highest BCUT2D eigenvalue weighted by Gasteiger charge is 2.23. The first-order chi connectivity index (χ1) is 17.5. The van der Waals surface area contributed by atoms with Crippen LogP contribution in [0.1, 0.15) is 11.1 Å². The van der Waals surface area contributed by atoms with Gasteiger partial charge in [0, 0.05) is 43.8 Å². The van der Waals surface area contributed by atoms with Crippen LogP contribution >= 0.6 is 11.8 Å². The summed E-state index contributed by atoms with van der Waals surface area (Å²) in [6.07, 6.45) is 3.67. The Morgan fingerprint density at radius 3 is 2.50 bits per heavy atom. The van der Waals surface area contributed by atoms with Crippen molar-refractivity contribution in [3.05, 3.63) is 89.0 Å². The van der Waals surface area contributed by atoms with E-state index in [2.05, 4.69) is 37.2 Å². The van der Waals surface area contributed by atoms with Gasteiger partial charge in [-0.1, -0.05) is 30.3 Å². The van der Waals surface area contributed by atoms with Crippen LogP contribution < -0.4 is 15.1 Å². The van der Waals surface area contributed by atoms with Gasteiger partial charge in [0.1, 0.15) is 5.82 Å². The second-order valence-electron chi connectivity index (χ2n) is 8.48. The first-order valence-electron chi connectivity index (χ1n) is 11.6. The lowest BCUT2D eigenvalue weighted by Crippen LogP contribution is -2.46. The van der Waals surface area contributed by atoms with Gasteiger partial charge in [0.15, 0.2) is 5.17 Å². The molecular formula is C27H25N5O3S. The third kappa shape index (κ3) is 5.75. The molecule has 0 unspecified atom stereocenters. The number of nitrogens with zero attached hydrogens (tertiary/aromatic N) is 4. The lowest BCUT2D eigenvalue weighted by Gasteiger charge is -2.36. The Hall–Kier alpha value is -4.11. The summed E-state index contributed by atoms with van der Waals surface area (Å²) >= 11 is 1.29. The van der Waals surface area contributed by atoms with Crippen LogP contribution in [0.2, 0.25) is 0 Å². The van der Waals surface area contributed by atoms with Gasteiger partial charge in [-0.25, -0.2) is 4.98 Å². The lowest BCUT2D eigenvalue weighted by molar-refractivity contribution is -0.136. The fourth-order valence-corrected chi connectivity index (χ4v) is 5.00. The van der Waals surface area contributed by atoms with E-state index in [9.17, 15) is 9.59 Å². The summed E-state index contributed by atoms with van der Waals surface area (Å²) in [4.78, 5) is 37.1. The summed E-state index contributed by atoms with van der Waals surface area (Å²) < 4.78 is 0. The number of thioether (sulfide) groups is 1. The monoisotopic (exact) mass is 499 g/mol. The third-order valence-corrected chi connectivity index (χ3v) is 6.87. The summed E-state index contributed by atoms with van der Waals surface area (Å²) in [6, 6.07) is 21.2. The van der Waals surface area contributed by atoms with Crippen molar-refractivity contribution in [2.75, 3.05) is 41.3 Å². The molecule has 3 heterocycles. The van der Waals surface area contributed by atoms with E-state index >= 15 is 0 Å². The maximum Gasteiger partial charge on any atom is 0.307 e. The average molecular weight is 500 g/mol. The van der Waals surface area contributed by atoms with Gasteiger partial charge < -0.3 is 20.2 Å². The number of amides is 1. The Balaban J connectivity index is 1.20. The molecule has 0 saturated carbocycles. The highest BCUT2D eigenvalue weighted by Crippen LogP contribution is 2.30. The molecule has 0 bridgehead atoms. The number of aliphatic imine (C=N–C) groups is 1. The van der Waals surface area contributed by atoms with E-state index in [0.717, 1.165) is 48.9 Å². The molecule has 182 valence electrons. The van der Waals surface area contributed by atoms with Crippen molar-refractivity contribution >= 4 is 52.1 Å².